The van der Waals surface area contributed by atoms with Gasteiger partial charge in [-0.2, -0.15) is 0 Å². The van der Waals surface area contributed by atoms with Crippen LogP contribution >= 0.6 is 0 Å². The predicted octanol–water partition coefficient (Wildman–Crippen LogP) is 4.13. The van der Waals surface area contributed by atoms with E-state index in [1.165, 1.54) is 43.6 Å². The first kappa shape index (κ1) is 18.1. The molecule has 1 unspecified atom stereocenters. The summed E-state index contributed by atoms with van der Waals surface area (Å²) in [5.74, 6) is 0. The summed E-state index contributed by atoms with van der Waals surface area (Å²) in [5, 5.41) is 3.07. The fourth-order valence-corrected chi connectivity index (χ4v) is 4.28. The molecule has 2 amide bonds. The molecule has 27 heavy (non-hydrogen) atoms. The minimum Gasteiger partial charge on any atom is -0.348 e. The predicted molar refractivity (Wildman–Crippen MR) is 109 cm³/mol. The van der Waals surface area contributed by atoms with Gasteiger partial charge in [-0.25, -0.2) is 4.79 Å². The molecule has 0 spiro atoms. The van der Waals surface area contributed by atoms with Crippen LogP contribution in [0, 0.1) is 0 Å². The van der Waals surface area contributed by atoms with E-state index in [1.54, 1.807) is 0 Å². The second-order valence-electron chi connectivity index (χ2n) is 7.78. The van der Waals surface area contributed by atoms with Gasteiger partial charge < -0.3 is 19.7 Å². The number of carbonyl (C=O) groups excluding carboxylic acids is 1. The topological polar surface area (TPSA) is 40.5 Å². The Labute approximate surface area is 162 Å². The Morgan fingerprint density at radius 1 is 1.04 bits per heavy atom. The maximum Gasteiger partial charge on any atom is 0.322 e. The second kappa shape index (κ2) is 8.17. The highest BCUT2D eigenvalue weighted by atomic mass is 16.2. The first-order valence-corrected chi connectivity index (χ1v) is 10.2. The van der Waals surface area contributed by atoms with Crippen LogP contribution in [0.2, 0.25) is 0 Å². The molecule has 5 nitrogen and oxygen atoms in total. The van der Waals surface area contributed by atoms with Crippen LogP contribution in [0.4, 0.5) is 10.5 Å². The van der Waals surface area contributed by atoms with Gasteiger partial charge in [0.15, 0.2) is 0 Å². The number of likely N-dealkylation sites (tertiary alicyclic amines) is 1. The van der Waals surface area contributed by atoms with Crippen molar-refractivity contribution in [1.29, 1.82) is 0 Å². The third-order valence-corrected chi connectivity index (χ3v) is 5.97. The highest BCUT2D eigenvalue weighted by Crippen LogP contribution is 2.26. The van der Waals surface area contributed by atoms with Crippen LogP contribution in [0.5, 0.6) is 0 Å². The maximum atomic E-state index is 12.7. The number of nitrogens with one attached hydrogen (secondary N) is 1. The SMILES string of the molecule is CC1c2cccn2CCN1C(=O)Nc1ccc(CCN2CCCCC2)cc1. The lowest BCUT2D eigenvalue weighted by atomic mass is 10.1. The second-order valence-corrected chi connectivity index (χ2v) is 7.78. The van der Waals surface area contributed by atoms with Crippen LogP contribution in [0.3, 0.4) is 0 Å². The number of urea groups is 1. The minimum absolute atomic E-state index is 0.0176. The summed E-state index contributed by atoms with van der Waals surface area (Å²) < 4.78 is 2.23. The number of piperidine rings is 1. The summed E-state index contributed by atoms with van der Waals surface area (Å²) >= 11 is 0. The number of aromatic nitrogens is 1. The number of benzene rings is 1. The first-order valence-electron chi connectivity index (χ1n) is 10.2. The van der Waals surface area contributed by atoms with Gasteiger partial charge in [0.05, 0.1) is 6.04 Å². The highest BCUT2D eigenvalue weighted by Gasteiger charge is 2.27. The summed E-state index contributed by atoms with van der Waals surface area (Å²) in [5.41, 5.74) is 3.40. The van der Waals surface area contributed by atoms with E-state index < -0.39 is 0 Å². The zero-order chi connectivity index (χ0) is 18.6. The Kier molecular flexibility index (Phi) is 5.48. The lowest BCUT2D eigenvalue weighted by Gasteiger charge is -2.34. The molecule has 5 heteroatoms. The Hall–Kier alpha value is -2.27. The summed E-state index contributed by atoms with van der Waals surface area (Å²) in [7, 11) is 0. The molecule has 144 valence electrons. The number of amides is 2. The number of anilines is 1. The van der Waals surface area contributed by atoms with Gasteiger partial charge in [0.25, 0.3) is 0 Å². The smallest absolute Gasteiger partial charge is 0.322 e. The summed E-state index contributed by atoms with van der Waals surface area (Å²) in [4.78, 5) is 17.2. The van der Waals surface area contributed by atoms with E-state index in [2.05, 4.69) is 52.2 Å². The average Bonchev–Trinajstić information content (AvgIpc) is 3.18. The number of fused-ring (bicyclic) bond motifs is 1. The largest absolute Gasteiger partial charge is 0.348 e. The maximum absolute atomic E-state index is 12.7. The van der Waals surface area contributed by atoms with Crippen LogP contribution < -0.4 is 5.32 Å². The van der Waals surface area contributed by atoms with E-state index in [1.807, 2.05) is 17.0 Å². The van der Waals surface area contributed by atoms with E-state index in [0.717, 1.165) is 31.7 Å². The lowest BCUT2D eigenvalue weighted by Crippen LogP contribution is -2.42. The highest BCUT2D eigenvalue weighted by molar-refractivity contribution is 5.89. The van der Waals surface area contributed by atoms with Crippen LogP contribution in [0.1, 0.15) is 43.5 Å². The molecule has 0 aliphatic carbocycles. The number of rotatable bonds is 4. The van der Waals surface area contributed by atoms with E-state index >= 15 is 0 Å². The third kappa shape index (κ3) is 4.19. The molecule has 1 atom stereocenters. The van der Waals surface area contributed by atoms with Crippen LogP contribution in [-0.2, 0) is 13.0 Å². The van der Waals surface area contributed by atoms with Gasteiger partial charge in [0.1, 0.15) is 0 Å². The third-order valence-electron chi connectivity index (χ3n) is 5.97. The molecule has 2 aliphatic heterocycles. The van der Waals surface area contributed by atoms with Crippen molar-refractivity contribution in [1.82, 2.24) is 14.4 Å². The number of hydrogen-bond acceptors (Lipinski definition) is 2. The fraction of sp³-hybridized carbons (Fsp3) is 0.500. The minimum atomic E-state index is -0.0176. The van der Waals surface area contributed by atoms with Gasteiger partial charge >= 0.3 is 6.03 Å². The van der Waals surface area contributed by atoms with Crippen molar-refractivity contribution < 1.29 is 4.79 Å². The van der Waals surface area contributed by atoms with Gasteiger partial charge in [-0.15, -0.1) is 0 Å². The van der Waals surface area contributed by atoms with Crippen LogP contribution in [-0.4, -0.2) is 46.6 Å². The lowest BCUT2D eigenvalue weighted by molar-refractivity contribution is 0.175. The molecular formula is C22H30N4O. The van der Waals surface area contributed by atoms with E-state index in [4.69, 9.17) is 0 Å². The van der Waals surface area contributed by atoms with E-state index in [0.29, 0.717) is 0 Å². The molecule has 1 fully saturated rings. The Bertz CT molecular complexity index is 761. The van der Waals surface area contributed by atoms with Gasteiger partial charge in [-0.1, -0.05) is 18.6 Å². The molecule has 3 heterocycles. The van der Waals surface area contributed by atoms with Gasteiger partial charge in [0.2, 0.25) is 0 Å². The monoisotopic (exact) mass is 366 g/mol. The summed E-state index contributed by atoms with van der Waals surface area (Å²) in [6, 6.07) is 12.6. The number of carbonyl (C=O) groups is 1. The molecule has 0 saturated carbocycles. The molecule has 1 N–H and O–H groups in total. The van der Waals surface area contributed by atoms with Crippen molar-refractivity contribution in [2.45, 2.75) is 45.2 Å². The first-order chi connectivity index (χ1) is 13.2. The van der Waals surface area contributed by atoms with Crippen molar-refractivity contribution in [2.75, 3.05) is 31.5 Å². The molecule has 0 bridgehead atoms. The zero-order valence-corrected chi connectivity index (χ0v) is 16.2. The van der Waals surface area contributed by atoms with Crippen molar-refractivity contribution in [3.05, 3.63) is 53.9 Å². The Morgan fingerprint density at radius 3 is 2.59 bits per heavy atom. The van der Waals surface area contributed by atoms with Crippen LogP contribution in [0.15, 0.2) is 42.6 Å². The van der Waals surface area contributed by atoms with Crippen molar-refractivity contribution in [2.24, 2.45) is 0 Å². The summed E-state index contributed by atoms with van der Waals surface area (Å²) in [6.45, 7) is 7.31. The average molecular weight is 367 g/mol. The van der Waals surface area contributed by atoms with Crippen molar-refractivity contribution >= 4 is 11.7 Å². The number of hydrogen-bond donors (Lipinski definition) is 1. The van der Waals surface area contributed by atoms with Gasteiger partial charge in [-0.3, -0.25) is 0 Å². The number of nitrogens with zero attached hydrogens (tertiary/aromatic N) is 3. The molecule has 1 aromatic carbocycles. The fourth-order valence-electron chi connectivity index (χ4n) is 4.28. The molecule has 1 saturated heterocycles. The van der Waals surface area contributed by atoms with Crippen LogP contribution in [0.25, 0.3) is 0 Å². The van der Waals surface area contributed by atoms with Crippen molar-refractivity contribution in [3.8, 4) is 0 Å². The van der Waals surface area contributed by atoms with E-state index in [9.17, 15) is 4.79 Å². The zero-order valence-electron chi connectivity index (χ0n) is 16.2. The molecule has 0 radical (unpaired) electrons. The molecule has 1 aromatic heterocycles. The Balaban J connectivity index is 1.31. The molecule has 2 aromatic rings. The van der Waals surface area contributed by atoms with E-state index in [-0.39, 0.29) is 12.1 Å². The van der Waals surface area contributed by atoms with Gasteiger partial charge in [0, 0.05) is 37.2 Å². The molecule has 2 aliphatic rings. The quantitative estimate of drug-likeness (QED) is 0.884. The van der Waals surface area contributed by atoms with Crippen molar-refractivity contribution in [3.63, 3.8) is 0 Å². The standard InChI is InChI=1S/C22H30N4O/c1-18-21-6-5-14-25(21)16-17-26(18)22(27)23-20-9-7-19(8-10-20)11-15-24-12-3-2-4-13-24/h5-10,14,18H,2-4,11-13,15-17H2,1H3,(H,23,27). The Morgan fingerprint density at radius 2 is 1.81 bits per heavy atom. The van der Waals surface area contributed by atoms with Gasteiger partial charge in [-0.05, 0) is 69.1 Å². The molecule has 4 rings (SSSR count). The molecular weight excluding hydrogens is 336 g/mol. The normalized spacial score (nSPS) is 20.3. The summed E-state index contributed by atoms with van der Waals surface area (Å²) in [6.07, 6.45) is 7.22.